The van der Waals surface area contributed by atoms with E-state index in [0.717, 1.165) is 23.6 Å². The zero-order chi connectivity index (χ0) is 9.26. The molecule has 0 bridgehead atoms. The van der Waals surface area contributed by atoms with E-state index in [1.807, 2.05) is 12.1 Å². The number of nitrogens with zero attached hydrogens (tertiary/aromatic N) is 1. The molecule has 0 amide bonds. The zero-order valence-corrected chi connectivity index (χ0v) is 8.14. The van der Waals surface area contributed by atoms with Gasteiger partial charge in [-0.3, -0.25) is 4.99 Å². The summed E-state index contributed by atoms with van der Waals surface area (Å²) in [6, 6.07) is 5.51. The first-order valence-electron chi connectivity index (χ1n) is 4.28. The minimum Gasteiger partial charge on any atom is -0.485 e. The van der Waals surface area contributed by atoms with E-state index < -0.39 is 0 Å². The van der Waals surface area contributed by atoms with Gasteiger partial charge < -0.3 is 4.74 Å². The second-order valence-electron chi connectivity index (χ2n) is 2.93. The highest BCUT2D eigenvalue weighted by Crippen LogP contribution is 2.33. The average molecular weight is 196 g/mol. The molecule has 0 saturated carbocycles. The maximum absolute atomic E-state index is 5.82. The lowest BCUT2D eigenvalue weighted by molar-refractivity contribution is 0.370. The first-order valence-corrected chi connectivity index (χ1v) is 4.66. The molecule has 0 aliphatic carbocycles. The van der Waals surface area contributed by atoms with Crippen molar-refractivity contribution in [3.63, 3.8) is 0 Å². The number of aliphatic imine (C=N–C) groups is 1. The molecule has 2 rings (SSSR count). The Balaban J connectivity index is 2.42. The summed E-state index contributed by atoms with van der Waals surface area (Å²) in [6.07, 6.45) is 0.933. The molecular weight excluding hydrogens is 186 g/mol. The van der Waals surface area contributed by atoms with Crippen LogP contribution in [0.2, 0.25) is 5.02 Å². The monoisotopic (exact) mass is 195 g/mol. The summed E-state index contributed by atoms with van der Waals surface area (Å²) in [5, 5.41) is 0.689. The SMILES string of the molecule is CCC1=Nc2ccc(Cl)cc2OC1. The fourth-order valence-electron chi connectivity index (χ4n) is 1.24. The van der Waals surface area contributed by atoms with Gasteiger partial charge in [0, 0.05) is 11.1 Å². The summed E-state index contributed by atoms with van der Waals surface area (Å²) in [4.78, 5) is 4.44. The van der Waals surface area contributed by atoms with Crippen molar-refractivity contribution in [3.05, 3.63) is 23.2 Å². The highest BCUT2D eigenvalue weighted by atomic mass is 35.5. The summed E-state index contributed by atoms with van der Waals surface area (Å²) in [7, 11) is 0. The van der Waals surface area contributed by atoms with Crippen molar-refractivity contribution in [1.82, 2.24) is 0 Å². The van der Waals surface area contributed by atoms with Crippen LogP contribution in [0.25, 0.3) is 0 Å². The van der Waals surface area contributed by atoms with Gasteiger partial charge in [-0.15, -0.1) is 0 Å². The third-order valence-corrected chi connectivity index (χ3v) is 2.24. The highest BCUT2D eigenvalue weighted by Gasteiger charge is 2.11. The molecule has 3 heteroatoms. The average Bonchev–Trinajstić information content (AvgIpc) is 2.17. The Morgan fingerprint density at radius 3 is 3.15 bits per heavy atom. The maximum atomic E-state index is 5.82. The Morgan fingerprint density at radius 1 is 1.54 bits per heavy atom. The lowest BCUT2D eigenvalue weighted by Gasteiger charge is -2.15. The smallest absolute Gasteiger partial charge is 0.146 e. The van der Waals surface area contributed by atoms with E-state index in [-0.39, 0.29) is 0 Å². The van der Waals surface area contributed by atoms with Crippen molar-refractivity contribution in [2.24, 2.45) is 4.99 Å². The molecule has 0 saturated heterocycles. The topological polar surface area (TPSA) is 21.6 Å². The van der Waals surface area contributed by atoms with Crippen molar-refractivity contribution in [2.75, 3.05) is 6.61 Å². The van der Waals surface area contributed by atoms with E-state index in [9.17, 15) is 0 Å². The van der Waals surface area contributed by atoms with Crippen LogP contribution >= 0.6 is 11.6 Å². The summed E-state index contributed by atoms with van der Waals surface area (Å²) in [5.41, 5.74) is 1.96. The van der Waals surface area contributed by atoms with Gasteiger partial charge in [-0.1, -0.05) is 18.5 Å². The summed E-state index contributed by atoms with van der Waals surface area (Å²) in [6.45, 7) is 2.66. The molecule has 0 fully saturated rings. The normalized spacial score (nSPS) is 14.5. The van der Waals surface area contributed by atoms with E-state index in [2.05, 4.69) is 11.9 Å². The van der Waals surface area contributed by atoms with Gasteiger partial charge in [0.2, 0.25) is 0 Å². The molecule has 0 atom stereocenters. The van der Waals surface area contributed by atoms with Crippen LogP contribution in [0.4, 0.5) is 5.69 Å². The molecule has 68 valence electrons. The minimum atomic E-state index is 0.587. The standard InChI is InChI=1S/C10H10ClNO/c1-2-8-6-13-10-5-7(11)3-4-9(10)12-8/h3-5H,2,6H2,1H3. The number of ether oxygens (including phenoxy) is 1. The quantitative estimate of drug-likeness (QED) is 0.674. The minimum absolute atomic E-state index is 0.587. The third kappa shape index (κ3) is 1.68. The van der Waals surface area contributed by atoms with Gasteiger partial charge in [0.15, 0.2) is 0 Å². The Hall–Kier alpha value is -1.02. The molecule has 0 unspecified atom stereocenters. The predicted molar refractivity (Wildman–Crippen MR) is 54.3 cm³/mol. The van der Waals surface area contributed by atoms with E-state index in [1.165, 1.54) is 0 Å². The molecule has 0 aromatic heterocycles. The van der Waals surface area contributed by atoms with Crippen LogP contribution in [0, 0.1) is 0 Å². The van der Waals surface area contributed by atoms with Crippen molar-refractivity contribution >= 4 is 23.0 Å². The van der Waals surface area contributed by atoms with Crippen LogP contribution in [-0.4, -0.2) is 12.3 Å². The lowest BCUT2D eigenvalue weighted by atomic mass is 10.2. The molecule has 1 aromatic rings. The van der Waals surface area contributed by atoms with Crippen LogP contribution in [0.15, 0.2) is 23.2 Å². The van der Waals surface area contributed by atoms with Crippen LogP contribution in [0.5, 0.6) is 5.75 Å². The van der Waals surface area contributed by atoms with Crippen molar-refractivity contribution in [3.8, 4) is 5.75 Å². The van der Waals surface area contributed by atoms with Crippen LogP contribution in [0.3, 0.4) is 0 Å². The largest absolute Gasteiger partial charge is 0.485 e. The molecule has 0 radical (unpaired) electrons. The third-order valence-electron chi connectivity index (χ3n) is 2.00. The summed E-state index contributed by atoms with van der Waals surface area (Å²) in [5.74, 6) is 0.782. The molecule has 2 nitrogen and oxygen atoms in total. The van der Waals surface area contributed by atoms with Gasteiger partial charge in [0.05, 0.1) is 5.71 Å². The summed E-state index contributed by atoms with van der Waals surface area (Å²) < 4.78 is 5.49. The Bertz CT molecular complexity index is 360. The van der Waals surface area contributed by atoms with Crippen molar-refractivity contribution < 1.29 is 4.74 Å². The van der Waals surface area contributed by atoms with Gasteiger partial charge in [0.1, 0.15) is 18.0 Å². The zero-order valence-electron chi connectivity index (χ0n) is 7.38. The van der Waals surface area contributed by atoms with Crippen molar-refractivity contribution in [1.29, 1.82) is 0 Å². The van der Waals surface area contributed by atoms with E-state index in [0.29, 0.717) is 11.6 Å². The molecule has 1 heterocycles. The van der Waals surface area contributed by atoms with Gasteiger partial charge in [-0.2, -0.15) is 0 Å². The lowest BCUT2D eigenvalue weighted by Crippen LogP contribution is -2.13. The van der Waals surface area contributed by atoms with Gasteiger partial charge in [-0.25, -0.2) is 0 Å². The molecule has 0 spiro atoms. The number of halogens is 1. The summed E-state index contributed by atoms with van der Waals surface area (Å²) >= 11 is 5.82. The molecule has 0 N–H and O–H groups in total. The fraction of sp³-hybridized carbons (Fsp3) is 0.300. The Kier molecular flexibility index (Phi) is 2.23. The second kappa shape index (κ2) is 3.38. The molecular formula is C10H10ClNO. The molecule has 13 heavy (non-hydrogen) atoms. The second-order valence-corrected chi connectivity index (χ2v) is 3.37. The van der Waals surface area contributed by atoms with Gasteiger partial charge >= 0.3 is 0 Å². The fourth-order valence-corrected chi connectivity index (χ4v) is 1.40. The Labute approximate surface area is 82.2 Å². The first-order chi connectivity index (χ1) is 6.29. The van der Waals surface area contributed by atoms with Gasteiger partial charge in [-0.05, 0) is 18.6 Å². The van der Waals surface area contributed by atoms with E-state index in [1.54, 1.807) is 6.07 Å². The molecule has 1 aromatic carbocycles. The molecule has 1 aliphatic rings. The highest BCUT2D eigenvalue weighted by molar-refractivity contribution is 6.30. The van der Waals surface area contributed by atoms with Crippen LogP contribution < -0.4 is 4.74 Å². The van der Waals surface area contributed by atoms with E-state index >= 15 is 0 Å². The number of rotatable bonds is 1. The predicted octanol–water partition coefficient (Wildman–Crippen LogP) is 3.21. The number of hydrogen-bond donors (Lipinski definition) is 0. The number of benzene rings is 1. The maximum Gasteiger partial charge on any atom is 0.146 e. The number of hydrogen-bond acceptors (Lipinski definition) is 2. The van der Waals surface area contributed by atoms with Gasteiger partial charge in [0.25, 0.3) is 0 Å². The van der Waals surface area contributed by atoms with E-state index in [4.69, 9.17) is 16.3 Å². The first kappa shape index (κ1) is 8.57. The molecule has 1 aliphatic heterocycles. The van der Waals surface area contributed by atoms with Crippen molar-refractivity contribution in [2.45, 2.75) is 13.3 Å². The van der Waals surface area contributed by atoms with Crippen LogP contribution in [0.1, 0.15) is 13.3 Å². The van der Waals surface area contributed by atoms with Crippen LogP contribution in [-0.2, 0) is 0 Å². The Morgan fingerprint density at radius 2 is 2.38 bits per heavy atom. The number of fused-ring (bicyclic) bond motifs is 1.